The Bertz CT molecular complexity index is 658. The number of hydrogen-bond acceptors (Lipinski definition) is 6. The Morgan fingerprint density at radius 2 is 2.39 bits per heavy atom. The van der Waals surface area contributed by atoms with Crippen molar-refractivity contribution < 1.29 is 9.53 Å². The van der Waals surface area contributed by atoms with Crippen LogP contribution in [0.4, 0.5) is 5.82 Å². The zero-order valence-corrected chi connectivity index (χ0v) is 13.3. The first kappa shape index (κ1) is 15.7. The molecular formula is C15H22N6O2. The van der Waals surface area contributed by atoms with Gasteiger partial charge in [0.15, 0.2) is 5.65 Å². The smallest absolute Gasteiger partial charge is 0.224 e. The Kier molecular flexibility index (Phi) is 5.02. The lowest BCUT2D eigenvalue weighted by Crippen LogP contribution is -2.43. The Balaban J connectivity index is 1.60. The fourth-order valence-electron chi connectivity index (χ4n) is 2.86. The number of anilines is 1. The molecule has 0 saturated carbocycles. The second-order valence-corrected chi connectivity index (χ2v) is 5.75. The van der Waals surface area contributed by atoms with Crippen LogP contribution in [0.3, 0.4) is 0 Å². The van der Waals surface area contributed by atoms with Crippen molar-refractivity contribution in [2.75, 3.05) is 38.3 Å². The molecule has 3 heterocycles. The normalized spacial score (nSPS) is 18.3. The van der Waals surface area contributed by atoms with Crippen molar-refractivity contribution >= 4 is 17.4 Å². The van der Waals surface area contributed by atoms with E-state index in [9.17, 15) is 4.79 Å². The van der Waals surface area contributed by atoms with E-state index in [1.165, 1.54) is 0 Å². The van der Waals surface area contributed by atoms with Gasteiger partial charge in [-0.2, -0.15) is 4.52 Å². The van der Waals surface area contributed by atoms with Crippen molar-refractivity contribution in [1.29, 1.82) is 0 Å². The molecule has 1 atom stereocenters. The molecule has 8 nitrogen and oxygen atoms in total. The minimum absolute atomic E-state index is 0.00436. The second-order valence-electron chi connectivity index (χ2n) is 5.75. The summed E-state index contributed by atoms with van der Waals surface area (Å²) >= 11 is 0. The Morgan fingerprint density at radius 3 is 3.26 bits per heavy atom. The lowest BCUT2D eigenvalue weighted by molar-refractivity contribution is -0.125. The molecule has 0 spiro atoms. The molecule has 8 heteroatoms. The molecule has 2 aromatic heterocycles. The van der Waals surface area contributed by atoms with Gasteiger partial charge in [0.2, 0.25) is 5.91 Å². The zero-order chi connectivity index (χ0) is 16.1. The first-order chi connectivity index (χ1) is 11.3. The lowest BCUT2D eigenvalue weighted by atomic mass is 9.97. The number of nitrogens with one attached hydrogen (secondary N) is 1. The van der Waals surface area contributed by atoms with Gasteiger partial charge in [0, 0.05) is 33.4 Å². The number of piperidine rings is 1. The van der Waals surface area contributed by atoms with Crippen molar-refractivity contribution in [2.24, 2.45) is 5.92 Å². The molecule has 124 valence electrons. The van der Waals surface area contributed by atoms with Crippen LogP contribution in [0.1, 0.15) is 19.3 Å². The van der Waals surface area contributed by atoms with E-state index in [0.717, 1.165) is 37.3 Å². The Labute approximate surface area is 134 Å². The van der Waals surface area contributed by atoms with Gasteiger partial charge in [0.1, 0.15) is 12.1 Å². The van der Waals surface area contributed by atoms with Crippen molar-refractivity contribution in [3.63, 3.8) is 0 Å². The van der Waals surface area contributed by atoms with Gasteiger partial charge in [-0.05, 0) is 31.4 Å². The van der Waals surface area contributed by atoms with Gasteiger partial charge in [-0.25, -0.2) is 0 Å². The number of ether oxygens (including phenoxy) is 1. The monoisotopic (exact) mass is 318 g/mol. The number of nitrogens with zero attached hydrogens (tertiary/aromatic N) is 5. The number of carbonyl (C=O) groups is 1. The van der Waals surface area contributed by atoms with Crippen molar-refractivity contribution in [3.05, 3.63) is 18.5 Å². The third kappa shape index (κ3) is 3.76. The Hall–Kier alpha value is -2.22. The molecule has 1 N–H and O–H groups in total. The van der Waals surface area contributed by atoms with E-state index in [1.807, 2.05) is 12.1 Å². The van der Waals surface area contributed by atoms with E-state index in [0.29, 0.717) is 19.7 Å². The minimum atomic E-state index is 0.00436. The van der Waals surface area contributed by atoms with E-state index in [1.54, 1.807) is 18.0 Å². The highest BCUT2D eigenvalue weighted by Gasteiger charge is 2.26. The molecule has 1 saturated heterocycles. The second kappa shape index (κ2) is 7.36. The molecule has 0 aliphatic carbocycles. The average molecular weight is 318 g/mol. The summed E-state index contributed by atoms with van der Waals surface area (Å²) in [6.07, 6.45) is 4.33. The van der Waals surface area contributed by atoms with E-state index in [2.05, 4.69) is 25.5 Å². The van der Waals surface area contributed by atoms with Crippen LogP contribution in [0.15, 0.2) is 18.5 Å². The highest BCUT2D eigenvalue weighted by Crippen LogP contribution is 2.21. The van der Waals surface area contributed by atoms with Gasteiger partial charge in [0.25, 0.3) is 0 Å². The molecular weight excluding hydrogens is 296 g/mol. The maximum absolute atomic E-state index is 12.3. The fraction of sp³-hybridized carbons (Fsp3) is 0.600. The summed E-state index contributed by atoms with van der Waals surface area (Å²) in [6.45, 7) is 2.93. The van der Waals surface area contributed by atoms with Crippen molar-refractivity contribution in [2.45, 2.75) is 19.3 Å². The summed E-state index contributed by atoms with van der Waals surface area (Å²) in [5, 5.41) is 15.3. The van der Waals surface area contributed by atoms with Crippen LogP contribution in [-0.4, -0.2) is 59.1 Å². The van der Waals surface area contributed by atoms with E-state index < -0.39 is 0 Å². The first-order valence-corrected chi connectivity index (χ1v) is 7.96. The number of rotatable bonds is 6. The molecule has 1 aliphatic heterocycles. The zero-order valence-electron chi connectivity index (χ0n) is 13.3. The number of methoxy groups -OCH3 is 1. The molecule has 0 bridgehead atoms. The number of amides is 1. The molecule has 1 amide bonds. The van der Waals surface area contributed by atoms with E-state index in [4.69, 9.17) is 4.74 Å². The minimum Gasteiger partial charge on any atom is -0.385 e. The standard InChI is InChI=1S/C15H22N6O2/c1-23-9-3-7-16-15(22)12-4-2-8-20(10-12)14-6-5-13-18-17-11-21(13)19-14/h5-6,11-12H,2-4,7-10H2,1H3,(H,16,22). The van der Waals surface area contributed by atoms with Crippen LogP contribution in [0.25, 0.3) is 5.65 Å². The van der Waals surface area contributed by atoms with Crippen molar-refractivity contribution in [3.8, 4) is 0 Å². The topological polar surface area (TPSA) is 84.6 Å². The fourth-order valence-corrected chi connectivity index (χ4v) is 2.86. The maximum atomic E-state index is 12.3. The largest absolute Gasteiger partial charge is 0.385 e. The van der Waals surface area contributed by atoms with Gasteiger partial charge < -0.3 is 15.0 Å². The maximum Gasteiger partial charge on any atom is 0.224 e. The summed E-state index contributed by atoms with van der Waals surface area (Å²) in [7, 11) is 1.67. The molecule has 0 radical (unpaired) electrons. The van der Waals surface area contributed by atoms with Crippen LogP contribution in [0.5, 0.6) is 0 Å². The van der Waals surface area contributed by atoms with Crippen LogP contribution < -0.4 is 10.2 Å². The predicted octanol–water partition coefficient (Wildman–Crippen LogP) is 0.493. The summed E-state index contributed by atoms with van der Waals surface area (Å²) in [5.74, 6) is 0.982. The number of carbonyl (C=O) groups excluding carboxylic acids is 1. The summed E-state index contributed by atoms with van der Waals surface area (Å²) in [6, 6.07) is 3.83. The van der Waals surface area contributed by atoms with Gasteiger partial charge >= 0.3 is 0 Å². The number of aromatic nitrogens is 4. The third-order valence-corrected chi connectivity index (χ3v) is 4.09. The van der Waals surface area contributed by atoms with E-state index >= 15 is 0 Å². The van der Waals surface area contributed by atoms with Crippen molar-refractivity contribution in [1.82, 2.24) is 25.1 Å². The van der Waals surface area contributed by atoms with Gasteiger partial charge in [-0.1, -0.05) is 0 Å². The number of hydrogen-bond donors (Lipinski definition) is 1. The summed E-state index contributed by atoms with van der Waals surface area (Å²) < 4.78 is 6.65. The predicted molar refractivity (Wildman–Crippen MR) is 85.2 cm³/mol. The summed E-state index contributed by atoms with van der Waals surface area (Å²) in [4.78, 5) is 14.4. The van der Waals surface area contributed by atoms with Gasteiger partial charge in [-0.3, -0.25) is 4.79 Å². The van der Waals surface area contributed by atoms with Gasteiger partial charge in [-0.15, -0.1) is 15.3 Å². The molecule has 1 unspecified atom stereocenters. The van der Waals surface area contributed by atoms with E-state index in [-0.39, 0.29) is 11.8 Å². The van der Waals surface area contributed by atoms with Crippen LogP contribution in [-0.2, 0) is 9.53 Å². The quantitative estimate of drug-likeness (QED) is 0.781. The molecule has 2 aromatic rings. The SMILES string of the molecule is COCCCNC(=O)C1CCCN(c2ccc3nncn3n2)C1. The first-order valence-electron chi connectivity index (χ1n) is 7.96. The Morgan fingerprint density at radius 1 is 1.48 bits per heavy atom. The molecule has 23 heavy (non-hydrogen) atoms. The van der Waals surface area contributed by atoms with Gasteiger partial charge in [0.05, 0.1) is 5.92 Å². The highest BCUT2D eigenvalue weighted by molar-refractivity contribution is 5.79. The average Bonchev–Trinajstić information content (AvgIpc) is 3.06. The third-order valence-electron chi connectivity index (χ3n) is 4.09. The highest BCUT2D eigenvalue weighted by atomic mass is 16.5. The lowest BCUT2D eigenvalue weighted by Gasteiger charge is -2.32. The van der Waals surface area contributed by atoms with Crippen LogP contribution >= 0.6 is 0 Å². The van der Waals surface area contributed by atoms with Crippen LogP contribution in [0, 0.1) is 5.92 Å². The molecule has 1 fully saturated rings. The molecule has 1 aliphatic rings. The summed E-state index contributed by atoms with van der Waals surface area (Å²) in [5.41, 5.74) is 0.721. The van der Waals surface area contributed by atoms with Crippen LogP contribution in [0.2, 0.25) is 0 Å². The molecule has 3 rings (SSSR count). The number of fused-ring (bicyclic) bond motifs is 1. The molecule has 0 aromatic carbocycles.